The fraction of sp³-hybridized carbons (Fsp3) is 0.571. The maximum Gasteiger partial charge on any atom is 0.246 e. The van der Waals surface area contributed by atoms with Crippen LogP contribution in [0.3, 0.4) is 0 Å². The Morgan fingerprint density at radius 2 is 2.18 bits per heavy atom. The highest BCUT2D eigenvalue weighted by Crippen LogP contribution is 2.32. The Morgan fingerprint density at radius 1 is 1.39 bits per heavy atom. The summed E-state index contributed by atoms with van der Waals surface area (Å²) in [6.07, 6.45) is 0.947. The number of nitrogens with zero attached hydrogens (tertiary/aromatic N) is 4. The molecule has 3 rings (SSSR count). The van der Waals surface area contributed by atoms with Crippen molar-refractivity contribution in [1.29, 1.82) is 0 Å². The molecule has 7 heteroatoms. The Balaban J connectivity index is 1.55. The predicted molar refractivity (Wildman–Crippen MR) is 109 cm³/mol. The molecular formula is C21H31N5O2. The number of benzene rings is 1. The Hall–Kier alpha value is -2.41. The zero-order valence-corrected chi connectivity index (χ0v) is 17.3. The molecule has 0 radical (unpaired) electrons. The highest BCUT2D eigenvalue weighted by Gasteiger charge is 2.28. The molecule has 28 heavy (non-hydrogen) atoms. The number of guanidine groups is 1. The van der Waals surface area contributed by atoms with Gasteiger partial charge in [-0.15, -0.1) is 0 Å². The van der Waals surface area contributed by atoms with Crippen LogP contribution in [0.2, 0.25) is 0 Å². The lowest BCUT2D eigenvalue weighted by molar-refractivity contribution is 0.0683. The number of likely N-dealkylation sites (tertiary alicyclic amines) is 1. The van der Waals surface area contributed by atoms with Gasteiger partial charge in [0.1, 0.15) is 6.10 Å². The summed E-state index contributed by atoms with van der Waals surface area (Å²) in [5.74, 6) is 3.13. The number of nitrogens with one attached hydrogen (secondary N) is 1. The molecule has 7 nitrogen and oxygen atoms in total. The molecule has 0 amide bonds. The zero-order valence-electron chi connectivity index (χ0n) is 17.3. The second-order valence-electron chi connectivity index (χ2n) is 7.27. The van der Waals surface area contributed by atoms with Crippen molar-refractivity contribution in [3.8, 4) is 0 Å². The van der Waals surface area contributed by atoms with E-state index in [1.165, 1.54) is 5.56 Å². The number of aliphatic imine (C=N–C) groups is 1. The molecule has 152 valence electrons. The Morgan fingerprint density at radius 3 is 2.86 bits per heavy atom. The lowest BCUT2D eigenvalue weighted by Crippen LogP contribution is -2.47. The maximum atomic E-state index is 5.50. The molecule has 2 aromatic rings. The van der Waals surface area contributed by atoms with E-state index in [2.05, 4.69) is 62.6 Å². The largest absolute Gasteiger partial charge is 0.371 e. The van der Waals surface area contributed by atoms with Crippen LogP contribution >= 0.6 is 0 Å². The van der Waals surface area contributed by atoms with Gasteiger partial charge < -0.3 is 19.5 Å². The number of hydrogen-bond donors (Lipinski definition) is 1. The summed E-state index contributed by atoms with van der Waals surface area (Å²) < 4.78 is 10.8. The first-order valence-electron chi connectivity index (χ1n) is 10.1. The number of ether oxygens (including phenoxy) is 1. The van der Waals surface area contributed by atoms with E-state index in [1.807, 2.05) is 20.9 Å². The van der Waals surface area contributed by atoms with Gasteiger partial charge in [-0.25, -0.2) is 0 Å². The molecule has 1 aromatic heterocycles. The van der Waals surface area contributed by atoms with Gasteiger partial charge >= 0.3 is 0 Å². The first kappa shape index (κ1) is 20.3. The minimum Gasteiger partial charge on any atom is -0.371 e. The fourth-order valence-electron chi connectivity index (χ4n) is 3.85. The first-order chi connectivity index (χ1) is 13.6. The van der Waals surface area contributed by atoms with Crippen molar-refractivity contribution < 1.29 is 9.26 Å². The highest BCUT2D eigenvalue weighted by atomic mass is 16.5. The standard InChI is InChI=1S/C21H31N5O2/c1-5-27-16(3)20-24-19(28-25-20)13-23-21(22-4)26-12-11-18(15(2)14-26)17-9-7-6-8-10-17/h6-10,15-16,18H,5,11-14H2,1-4H3,(H,22,23). The second kappa shape index (κ2) is 9.68. The smallest absolute Gasteiger partial charge is 0.246 e. The van der Waals surface area contributed by atoms with Gasteiger partial charge in [0.2, 0.25) is 5.89 Å². The van der Waals surface area contributed by atoms with E-state index >= 15 is 0 Å². The van der Waals surface area contributed by atoms with Gasteiger partial charge in [-0.3, -0.25) is 4.99 Å². The lowest BCUT2D eigenvalue weighted by atomic mass is 9.82. The van der Waals surface area contributed by atoms with E-state index in [9.17, 15) is 0 Å². The van der Waals surface area contributed by atoms with E-state index in [0.717, 1.165) is 25.5 Å². The minimum absolute atomic E-state index is 0.167. The lowest BCUT2D eigenvalue weighted by Gasteiger charge is -2.38. The van der Waals surface area contributed by atoms with Crippen LogP contribution in [0.4, 0.5) is 0 Å². The molecule has 3 atom stereocenters. The van der Waals surface area contributed by atoms with Crippen LogP contribution in [0.15, 0.2) is 39.8 Å². The summed E-state index contributed by atoms with van der Waals surface area (Å²) in [5, 5.41) is 7.36. The SMILES string of the molecule is CCOC(C)c1noc(CNC(=NC)N2CCC(c3ccccc3)C(C)C2)n1. The molecule has 0 aliphatic carbocycles. The summed E-state index contributed by atoms with van der Waals surface area (Å²) in [6, 6.07) is 10.8. The third-order valence-corrected chi connectivity index (χ3v) is 5.31. The summed E-state index contributed by atoms with van der Waals surface area (Å²) in [4.78, 5) is 11.2. The number of rotatable bonds is 6. The van der Waals surface area contributed by atoms with Gasteiger partial charge in [-0.05, 0) is 37.7 Å². The molecule has 1 aromatic carbocycles. The van der Waals surface area contributed by atoms with Crippen LogP contribution in [0.5, 0.6) is 0 Å². The molecule has 0 bridgehead atoms. The van der Waals surface area contributed by atoms with E-state index in [-0.39, 0.29) is 6.10 Å². The van der Waals surface area contributed by atoms with Crippen molar-refractivity contribution in [2.45, 2.75) is 45.8 Å². The highest BCUT2D eigenvalue weighted by molar-refractivity contribution is 5.79. The van der Waals surface area contributed by atoms with E-state index < -0.39 is 0 Å². The fourth-order valence-corrected chi connectivity index (χ4v) is 3.85. The van der Waals surface area contributed by atoms with Gasteiger partial charge in [-0.1, -0.05) is 42.4 Å². The Bertz CT molecular complexity index is 761. The van der Waals surface area contributed by atoms with Crippen LogP contribution < -0.4 is 5.32 Å². The number of aromatic nitrogens is 2. The van der Waals surface area contributed by atoms with Crippen molar-refractivity contribution in [3.63, 3.8) is 0 Å². The van der Waals surface area contributed by atoms with Crippen molar-refractivity contribution in [3.05, 3.63) is 47.6 Å². The Labute approximate surface area is 167 Å². The van der Waals surface area contributed by atoms with E-state index in [1.54, 1.807) is 0 Å². The first-order valence-corrected chi connectivity index (χ1v) is 10.1. The van der Waals surface area contributed by atoms with Crippen LogP contribution in [-0.4, -0.2) is 47.7 Å². The topological polar surface area (TPSA) is 75.8 Å². The van der Waals surface area contributed by atoms with Crippen LogP contribution in [0, 0.1) is 5.92 Å². The molecular weight excluding hydrogens is 354 g/mol. The Kier molecular flexibility index (Phi) is 7.03. The van der Waals surface area contributed by atoms with Gasteiger partial charge in [0.25, 0.3) is 0 Å². The normalized spacial score (nSPS) is 21.6. The number of piperidine rings is 1. The summed E-state index contributed by atoms with van der Waals surface area (Å²) in [7, 11) is 1.81. The van der Waals surface area contributed by atoms with Crippen molar-refractivity contribution in [2.75, 3.05) is 26.7 Å². The monoisotopic (exact) mass is 385 g/mol. The third kappa shape index (κ3) is 4.90. The molecule has 1 aliphatic heterocycles. The van der Waals surface area contributed by atoms with Crippen molar-refractivity contribution in [2.24, 2.45) is 10.9 Å². The van der Waals surface area contributed by atoms with E-state index in [4.69, 9.17) is 9.26 Å². The average Bonchev–Trinajstić information content (AvgIpc) is 3.19. The molecule has 1 N–H and O–H groups in total. The van der Waals surface area contributed by atoms with E-state index in [0.29, 0.717) is 36.7 Å². The van der Waals surface area contributed by atoms with Gasteiger partial charge in [0, 0.05) is 26.7 Å². The summed E-state index contributed by atoms with van der Waals surface area (Å²) >= 11 is 0. The van der Waals surface area contributed by atoms with Crippen molar-refractivity contribution >= 4 is 5.96 Å². The summed E-state index contributed by atoms with van der Waals surface area (Å²) in [5.41, 5.74) is 1.43. The minimum atomic E-state index is -0.167. The molecule has 1 aliphatic rings. The maximum absolute atomic E-state index is 5.50. The van der Waals surface area contributed by atoms with Gasteiger partial charge in [0.05, 0.1) is 6.54 Å². The average molecular weight is 386 g/mol. The summed E-state index contributed by atoms with van der Waals surface area (Å²) in [6.45, 7) is 9.19. The zero-order chi connectivity index (χ0) is 19.9. The quantitative estimate of drug-likeness (QED) is 0.607. The van der Waals surface area contributed by atoms with Crippen LogP contribution in [0.1, 0.15) is 56.5 Å². The van der Waals surface area contributed by atoms with Crippen LogP contribution in [0.25, 0.3) is 0 Å². The van der Waals surface area contributed by atoms with Gasteiger partial charge in [0.15, 0.2) is 11.8 Å². The third-order valence-electron chi connectivity index (χ3n) is 5.31. The molecule has 3 unspecified atom stereocenters. The molecule has 1 saturated heterocycles. The molecule has 1 fully saturated rings. The second-order valence-corrected chi connectivity index (χ2v) is 7.27. The van der Waals surface area contributed by atoms with Crippen molar-refractivity contribution in [1.82, 2.24) is 20.4 Å². The van der Waals surface area contributed by atoms with Crippen LogP contribution in [-0.2, 0) is 11.3 Å². The predicted octanol–water partition coefficient (Wildman–Crippen LogP) is 3.37. The number of hydrogen-bond acceptors (Lipinski definition) is 5. The molecule has 0 spiro atoms. The molecule has 2 heterocycles. The molecule has 0 saturated carbocycles. The van der Waals surface area contributed by atoms with Gasteiger partial charge in [-0.2, -0.15) is 4.98 Å².